The van der Waals surface area contributed by atoms with Crippen molar-refractivity contribution in [2.75, 3.05) is 13.2 Å². The van der Waals surface area contributed by atoms with Gasteiger partial charge in [0, 0.05) is 20.1 Å². The first kappa shape index (κ1) is 11.6. The molecule has 1 aliphatic rings. The number of aliphatic carboxylic acids is 1. The van der Waals surface area contributed by atoms with Crippen LogP contribution in [0.1, 0.15) is 16.9 Å². The quantitative estimate of drug-likeness (QED) is 0.734. The van der Waals surface area contributed by atoms with Crippen LogP contribution in [0.25, 0.3) is 0 Å². The summed E-state index contributed by atoms with van der Waals surface area (Å²) in [5.41, 5.74) is -1.00. The van der Waals surface area contributed by atoms with E-state index in [9.17, 15) is 9.59 Å². The molecule has 7 nitrogen and oxygen atoms in total. The van der Waals surface area contributed by atoms with Gasteiger partial charge in [-0.05, 0) is 0 Å². The molecule has 0 spiro atoms. The Morgan fingerprint density at radius 2 is 2.41 bits per heavy atom. The fourth-order valence-corrected chi connectivity index (χ4v) is 1.74. The number of carboxylic acids is 1. The monoisotopic (exact) mass is 239 g/mol. The highest BCUT2D eigenvalue weighted by atomic mass is 16.5. The Balaban J connectivity index is 2.17. The summed E-state index contributed by atoms with van der Waals surface area (Å²) in [5, 5.41) is 11.7. The van der Waals surface area contributed by atoms with E-state index >= 15 is 0 Å². The molecular weight excluding hydrogens is 226 g/mol. The zero-order valence-electron chi connectivity index (χ0n) is 9.34. The van der Waals surface area contributed by atoms with Gasteiger partial charge in [-0.2, -0.15) is 0 Å². The Morgan fingerprint density at radius 3 is 2.88 bits per heavy atom. The van der Waals surface area contributed by atoms with E-state index in [4.69, 9.17) is 9.84 Å². The Morgan fingerprint density at radius 1 is 1.65 bits per heavy atom. The summed E-state index contributed by atoms with van der Waals surface area (Å²) in [6.07, 6.45) is 3.14. The standard InChI is InChI=1S/C10H13N3O4/c1-13-6-11-4-7(13)8(14)12-10(9(15)16)2-3-17-5-10/h4,6H,2-3,5H2,1H3,(H,12,14)(H,15,16). The van der Waals surface area contributed by atoms with Crippen molar-refractivity contribution in [3.63, 3.8) is 0 Å². The molecule has 1 aromatic rings. The predicted octanol–water partition coefficient (Wildman–Crippen LogP) is -0.606. The average molecular weight is 239 g/mol. The molecule has 1 aromatic heterocycles. The fourth-order valence-electron chi connectivity index (χ4n) is 1.74. The molecule has 0 aliphatic carbocycles. The lowest BCUT2D eigenvalue weighted by Gasteiger charge is -2.23. The minimum atomic E-state index is -1.32. The zero-order valence-corrected chi connectivity index (χ0v) is 9.34. The molecule has 2 heterocycles. The van der Waals surface area contributed by atoms with Crippen molar-refractivity contribution in [3.05, 3.63) is 18.2 Å². The number of carbonyl (C=O) groups excluding carboxylic acids is 1. The van der Waals surface area contributed by atoms with Gasteiger partial charge in [-0.1, -0.05) is 0 Å². The molecule has 0 bridgehead atoms. The van der Waals surface area contributed by atoms with Crippen LogP contribution < -0.4 is 5.32 Å². The number of hydrogen-bond acceptors (Lipinski definition) is 4. The number of nitrogens with zero attached hydrogens (tertiary/aromatic N) is 2. The Labute approximate surface area is 97.4 Å². The lowest BCUT2D eigenvalue weighted by molar-refractivity contribution is -0.144. The van der Waals surface area contributed by atoms with Crippen LogP contribution >= 0.6 is 0 Å². The summed E-state index contributed by atoms with van der Waals surface area (Å²) >= 11 is 0. The number of aromatic nitrogens is 2. The summed E-state index contributed by atoms with van der Waals surface area (Å²) in [4.78, 5) is 26.9. The highest BCUT2D eigenvalue weighted by Gasteiger charge is 2.44. The number of ether oxygens (including phenoxy) is 1. The van der Waals surface area contributed by atoms with Crippen LogP contribution in [-0.2, 0) is 16.6 Å². The van der Waals surface area contributed by atoms with Gasteiger partial charge >= 0.3 is 5.97 Å². The molecule has 0 radical (unpaired) electrons. The van der Waals surface area contributed by atoms with Crippen molar-refractivity contribution in [1.82, 2.24) is 14.9 Å². The van der Waals surface area contributed by atoms with Crippen LogP contribution in [0.4, 0.5) is 0 Å². The molecule has 17 heavy (non-hydrogen) atoms. The lowest BCUT2D eigenvalue weighted by Crippen LogP contribution is -2.55. The van der Waals surface area contributed by atoms with Crippen LogP contribution in [-0.4, -0.2) is 45.3 Å². The first-order chi connectivity index (χ1) is 8.05. The number of carboxylic acid groups (broad SMARTS) is 1. The minimum Gasteiger partial charge on any atom is -0.479 e. The molecule has 2 rings (SSSR count). The number of carbonyl (C=O) groups is 2. The Hall–Kier alpha value is -1.89. The molecule has 1 amide bonds. The Kier molecular flexibility index (Phi) is 2.84. The van der Waals surface area contributed by atoms with E-state index in [1.54, 1.807) is 7.05 Å². The molecule has 1 unspecified atom stereocenters. The minimum absolute atomic E-state index is 0.00801. The van der Waals surface area contributed by atoms with Gasteiger partial charge in [0.05, 0.1) is 19.1 Å². The van der Waals surface area contributed by atoms with Gasteiger partial charge in [0.1, 0.15) is 5.69 Å². The first-order valence-corrected chi connectivity index (χ1v) is 5.15. The van der Waals surface area contributed by atoms with E-state index in [2.05, 4.69) is 10.3 Å². The molecular formula is C10H13N3O4. The molecule has 1 atom stereocenters. The number of aryl methyl sites for hydroxylation is 1. The summed E-state index contributed by atoms with van der Waals surface area (Å²) in [6, 6.07) is 0. The lowest BCUT2D eigenvalue weighted by atomic mass is 9.99. The number of hydrogen-bond donors (Lipinski definition) is 2. The number of imidazole rings is 1. The number of nitrogens with one attached hydrogen (secondary N) is 1. The number of rotatable bonds is 3. The predicted molar refractivity (Wildman–Crippen MR) is 56.5 cm³/mol. The third-order valence-corrected chi connectivity index (χ3v) is 2.83. The van der Waals surface area contributed by atoms with Crippen LogP contribution in [0.3, 0.4) is 0 Å². The van der Waals surface area contributed by atoms with Gasteiger partial charge < -0.3 is 19.7 Å². The van der Waals surface area contributed by atoms with Crippen LogP contribution in [0, 0.1) is 0 Å². The molecule has 7 heteroatoms. The van der Waals surface area contributed by atoms with Gasteiger partial charge in [-0.25, -0.2) is 9.78 Å². The van der Waals surface area contributed by atoms with E-state index < -0.39 is 17.4 Å². The molecule has 1 fully saturated rings. The molecule has 0 aromatic carbocycles. The maximum Gasteiger partial charge on any atom is 0.331 e. The van der Waals surface area contributed by atoms with Crippen LogP contribution in [0.5, 0.6) is 0 Å². The van der Waals surface area contributed by atoms with Crippen molar-refractivity contribution < 1.29 is 19.4 Å². The number of amides is 1. The fraction of sp³-hybridized carbons (Fsp3) is 0.500. The van der Waals surface area contributed by atoms with Gasteiger partial charge in [-0.15, -0.1) is 0 Å². The van der Waals surface area contributed by atoms with Gasteiger partial charge in [0.25, 0.3) is 5.91 Å². The molecule has 0 saturated carbocycles. The molecule has 92 valence electrons. The molecule has 1 saturated heterocycles. The van der Waals surface area contributed by atoms with Crippen molar-refractivity contribution >= 4 is 11.9 Å². The van der Waals surface area contributed by atoms with E-state index in [0.717, 1.165) is 0 Å². The summed E-state index contributed by atoms with van der Waals surface area (Å²) < 4.78 is 6.58. The third-order valence-electron chi connectivity index (χ3n) is 2.83. The maximum atomic E-state index is 11.9. The van der Waals surface area contributed by atoms with Crippen molar-refractivity contribution in [2.24, 2.45) is 7.05 Å². The SMILES string of the molecule is Cn1cncc1C(=O)NC1(C(=O)O)CCOC1. The average Bonchev–Trinajstić information content (AvgIpc) is 2.87. The summed E-state index contributed by atoms with van der Waals surface area (Å²) in [5.74, 6) is -1.54. The van der Waals surface area contributed by atoms with Crippen molar-refractivity contribution in [3.8, 4) is 0 Å². The second-order valence-electron chi connectivity index (χ2n) is 4.03. The Bertz CT molecular complexity index is 448. The highest BCUT2D eigenvalue weighted by Crippen LogP contribution is 2.19. The second-order valence-corrected chi connectivity index (χ2v) is 4.03. The van der Waals surface area contributed by atoms with Gasteiger partial charge in [-0.3, -0.25) is 4.79 Å². The second kappa shape index (κ2) is 4.17. The van der Waals surface area contributed by atoms with Gasteiger partial charge in [0.15, 0.2) is 5.54 Å². The van der Waals surface area contributed by atoms with E-state index in [1.165, 1.54) is 17.1 Å². The third kappa shape index (κ3) is 2.01. The summed E-state index contributed by atoms with van der Waals surface area (Å²) in [7, 11) is 1.67. The smallest absolute Gasteiger partial charge is 0.331 e. The normalized spacial score (nSPS) is 23.6. The van der Waals surface area contributed by atoms with Crippen LogP contribution in [0.2, 0.25) is 0 Å². The van der Waals surface area contributed by atoms with Gasteiger partial charge in [0.2, 0.25) is 0 Å². The van der Waals surface area contributed by atoms with E-state index in [-0.39, 0.29) is 13.0 Å². The van der Waals surface area contributed by atoms with Crippen LogP contribution in [0.15, 0.2) is 12.5 Å². The molecule has 1 aliphatic heterocycles. The maximum absolute atomic E-state index is 11.9. The first-order valence-electron chi connectivity index (χ1n) is 5.15. The highest BCUT2D eigenvalue weighted by molar-refractivity contribution is 5.96. The topological polar surface area (TPSA) is 93.5 Å². The van der Waals surface area contributed by atoms with E-state index in [1.807, 2.05) is 0 Å². The zero-order chi connectivity index (χ0) is 12.5. The van der Waals surface area contributed by atoms with Crippen molar-refractivity contribution in [2.45, 2.75) is 12.0 Å². The molecule has 2 N–H and O–H groups in total. The largest absolute Gasteiger partial charge is 0.479 e. The van der Waals surface area contributed by atoms with E-state index in [0.29, 0.717) is 12.3 Å². The van der Waals surface area contributed by atoms with Crippen molar-refractivity contribution in [1.29, 1.82) is 0 Å². The summed E-state index contributed by atoms with van der Waals surface area (Å²) in [6.45, 7) is 0.323.